The minimum absolute atomic E-state index is 0.0124. The topological polar surface area (TPSA) is 96.6 Å². The summed E-state index contributed by atoms with van der Waals surface area (Å²) in [6.07, 6.45) is 0.977. The minimum atomic E-state index is -0.543. The molecule has 198 valence electrons. The molecule has 4 aromatic rings. The Morgan fingerprint density at radius 2 is 1.72 bits per heavy atom. The van der Waals surface area contributed by atoms with E-state index in [-0.39, 0.29) is 34.4 Å². The lowest BCUT2D eigenvalue weighted by Gasteiger charge is -2.44. The van der Waals surface area contributed by atoms with E-state index in [0.29, 0.717) is 30.0 Å². The van der Waals surface area contributed by atoms with E-state index in [2.05, 4.69) is 31.5 Å². The summed E-state index contributed by atoms with van der Waals surface area (Å²) in [5, 5.41) is 5.49. The lowest BCUT2D eigenvalue weighted by Crippen LogP contribution is -2.47. The van der Waals surface area contributed by atoms with Crippen molar-refractivity contribution in [3.63, 3.8) is 0 Å². The van der Waals surface area contributed by atoms with Gasteiger partial charge in [-0.2, -0.15) is 0 Å². The van der Waals surface area contributed by atoms with Gasteiger partial charge in [0.25, 0.3) is 17.4 Å². The Morgan fingerprint density at radius 1 is 0.897 bits per heavy atom. The number of amides is 2. The summed E-state index contributed by atoms with van der Waals surface area (Å²) in [4.78, 5) is 40.7. The molecule has 1 fully saturated rings. The van der Waals surface area contributed by atoms with Crippen molar-refractivity contribution in [1.82, 2.24) is 4.57 Å². The highest BCUT2D eigenvalue weighted by Crippen LogP contribution is 2.39. The lowest BCUT2D eigenvalue weighted by molar-refractivity contribution is 0.0992. The van der Waals surface area contributed by atoms with Gasteiger partial charge in [0.05, 0.1) is 17.1 Å². The average molecular weight is 591 g/mol. The Bertz CT molecular complexity index is 1650. The molecule has 2 amide bonds. The van der Waals surface area contributed by atoms with Gasteiger partial charge in [0.2, 0.25) is 0 Å². The molecule has 2 aromatic heterocycles. The number of fused-ring (bicyclic) bond motifs is 4. The predicted octanol–water partition coefficient (Wildman–Crippen LogP) is 5.47. The Morgan fingerprint density at radius 3 is 2.51 bits per heavy atom. The number of hydrogen-bond donors (Lipinski definition) is 2. The maximum absolute atomic E-state index is 14.1. The number of nitrogens with one attached hydrogen (secondary N) is 2. The van der Waals surface area contributed by atoms with Crippen LogP contribution in [0.25, 0.3) is 0 Å². The third kappa shape index (κ3) is 4.99. The molecule has 0 radical (unpaired) electrons. The van der Waals surface area contributed by atoms with Gasteiger partial charge >= 0.3 is 0 Å². The van der Waals surface area contributed by atoms with Gasteiger partial charge in [-0.25, -0.2) is 4.39 Å². The predicted molar refractivity (Wildman–Crippen MR) is 149 cm³/mol. The van der Waals surface area contributed by atoms with E-state index in [9.17, 15) is 18.8 Å². The van der Waals surface area contributed by atoms with Crippen LogP contribution < -0.4 is 21.1 Å². The fraction of sp³-hybridized carbons (Fsp3) is 0.207. The first-order valence-corrected chi connectivity index (χ1v) is 13.4. The third-order valence-corrected chi connectivity index (χ3v) is 7.67. The summed E-state index contributed by atoms with van der Waals surface area (Å²) in [6, 6.07) is 19.5. The number of nitrogens with zero attached hydrogens (tertiary/aromatic N) is 2. The summed E-state index contributed by atoms with van der Waals surface area (Å²) in [5.41, 5.74) is 2.52. The molecular weight excluding hydrogens is 567 g/mol. The van der Waals surface area contributed by atoms with Crippen LogP contribution in [0.1, 0.15) is 38.9 Å². The summed E-state index contributed by atoms with van der Waals surface area (Å²) < 4.78 is 21.8. The number of carbonyl (C=O) groups excluding carboxylic acids is 2. The van der Waals surface area contributed by atoms with E-state index in [4.69, 9.17) is 4.42 Å². The quantitative estimate of drug-likeness (QED) is 0.321. The standard InChI is InChI=1S/C29H24BrFN4O4/c30-26-11-10-25(39-26)29(38)33-22-13-18(28(37)32-21-5-2-1-4-20(21)31)8-9-24(22)34-14-17-12-19(16-34)23-6-3-7-27(36)35(23)15-17/h1-11,13,17,19H,12,14-16H2,(H,32,37)(H,33,38)/t17-,19+/m1/s1. The van der Waals surface area contributed by atoms with Crippen LogP contribution in [0.15, 0.2) is 86.7 Å². The highest BCUT2D eigenvalue weighted by molar-refractivity contribution is 9.10. The monoisotopic (exact) mass is 590 g/mol. The van der Waals surface area contributed by atoms with Gasteiger partial charge in [-0.1, -0.05) is 18.2 Å². The zero-order valence-electron chi connectivity index (χ0n) is 20.7. The fourth-order valence-corrected chi connectivity index (χ4v) is 5.83. The summed E-state index contributed by atoms with van der Waals surface area (Å²) in [5.74, 6) is -1.00. The van der Waals surface area contributed by atoms with Gasteiger partial charge in [-0.15, -0.1) is 0 Å². The number of pyridine rings is 1. The molecule has 0 aliphatic carbocycles. The number of furan rings is 1. The minimum Gasteiger partial charge on any atom is -0.444 e. The van der Waals surface area contributed by atoms with Gasteiger partial charge in [-0.05, 0) is 76.8 Å². The van der Waals surface area contributed by atoms with Crippen LogP contribution in [0, 0.1) is 11.7 Å². The van der Waals surface area contributed by atoms with Crippen molar-refractivity contribution in [1.29, 1.82) is 0 Å². The second-order valence-corrected chi connectivity index (χ2v) is 10.6. The van der Waals surface area contributed by atoms with Crippen LogP contribution in [-0.4, -0.2) is 29.5 Å². The number of halogens is 2. The second kappa shape index (κ2) is 10.2. The van der Waals surface area contributed by atoms with E-state index < -0.39 is 17.6 Å². The van der Waals surface area contributed by atoms with E-state index in [1.165, 1.54) is 12.1 Å². The van der Waals surface area contributed by atoms with Crippen LogP contribution in [0.3, 0.4) is 0 Å². The molecule has 8 nitrogen and oxygen atoms in total. The highest BCUT2D eigenvalue weighted by atomic mass is 79.9. The summed E-state index contributed by atoms with van der Waals surface area (Å²) >= 11 is 3.21. The molecule has 10 heteroatoms. The Balaban J connectivity index is 1.33. The normalized spacial score (nSPS) is 17.8. The van der Waals surface area contributed by atoms with Crippen molar-refractivity contribution in [2.45, 2.75) is 18.9 Å². The zero-order valence-corrected chi connectivity index (χ0v) is 22.3. The van der Waals surface area contributed by atoms with Crippen molar-refractivity contribution in [3.05, 3.63) is 111 Å². The lowest BCUT2D eigenvalue weighted by atomic mass is 9.83. The molecule has 2 atom stereocenters. The smallest absolute Gasteiger partial charge is 0.291 e. The average Bonchev–Trinajstić information content (AvgIpc) is 3.37. The number of benzene rings is 2. The Labute approximate surface area is 231 Å². The number of rotatable bonds is 5. The summed E-state index contributed by atoms with van der Waals surface area (Å²) in [7, 11) is 0. The number of anilines is 3. The van der Waals surface area contributed by atoms with Crippen molar-refractivity contribution in [3.8, 4) is 0 Å². The molecule has 0 unspecified atom stereocenters. The van der Waals surface area contributed by atoms with Crippen LogP contribution in [0.5, 0.6) is 0 Å². The van der Waals surface area contributed by atoms with Gasteiger partial charge in [0, 0.05) is 42.9 Å². The molecule has 2 bridgehead atoms. The molecule has 2 aliphatic heterocycles. The van der Waals surface area contributed by atoms with E-state index in [1.54, 1.807) is 54.6 Å². The van der Waals surface area contributed by atoms with Crippen LogP contribution >= 0.6 is 15.9 Å². The van der Waals surface area contributed by atoms with Gasteiger partial charge in [0.1, 0.15) is 5.82 Å². The Hall–Kier alpha value is -4.18. The SMILES string of the molecule is O=C(Nc1ccccc1F)c1ccc(N2C[C@H]3C[C@@H](C2)c2cccc(=O)n2C3)c(NC(=O)c2ccc(Br)o2)c1. The van der Waals surface area contributed by atoms with E-state index >= 15 is 0 Å². The molecular formula is C29H24BrFN4O4. The molecule has 2 N–H and O–H groups in total. The maximum atomic E-state index is 14.1. The molecule has 6 rings (SSSR count). The number of carbonyl (C=O) groups is 2. The van der Waals surface area contributed by atoms with Crippen molar-refractivity contribution >= 4 is 44.8 Å². The van der Waals surface area contributed by atoms with E-state index in [1.807, 2.05) is 10.6 Å². The zero-order chi connectivity index (χ0) is 27.1. The fourth-order valence-electron chi connectivity index (χ4n) is 5.52. The molecule has 39 heavy (non-hydrogen) atoms. The van der Waals surface area contributed by atoms with Crippen molar-refractivity contribution in [2.75, 3.05) is 28.6 Å². The molecule has 1 saturated heterocycles. The van der Waals surface area contributed by atoms with E-state index in [0.717, 1.165) is 17.8 Å². The number of piperidine rings is 1. The van der Waals surface area contributed by atoms with Gasteiger partial charge in [0.15, 0.2) is 10.4 Å². The first kappa shape index (κ1) is 25.1. The molecule has 0 spiro atoms. The third-order valence-electron chi connectivity index (χ3n) is 7.25. The molecule has 2 aromatic carbocycles. The molecule has 2 aliphatic rings. The second-order valence-electron chi connectivity index (χ2n) is 9.83. The largest absolute Gasteiger partial charge is 0.444 e. The first-order chi connectivity index (χ1) is 18.9. The van der Waals surface area contributed by atoms with Crippen molar-refractivity contribution < 1.29 is 18.4 Å². The number of hydrogen-bond acceptors (Lipinski definition) is 5. The Kier molecular flexibility index (Phi) is 6.56. The summed E-state index contributed by atoms with van der Waals surface area (Å²) in [6.45, 7) is 1.97. The highest BCUT2D eigenvalue weighted by Gasteiger charge is 2.35. The van der Waals surface area contributed by atoms with Crippen LogP contribution in [0.2, 0.25) is 0 Å². The molecule has 4 heterocycles. The van der Waals surface area contributed by atoms with Gasteiger partial charge < -0.3 is 24.5 Å². The number of aromatic nitrogens is 1. The first-order valence-electron chi connectivity index (χ1n) is 12.6. The maximum Gasteiger partial charge on any atom is 0.291 e. The van der Waals surface area contributed by atoms with Crippen LogP contribution in [-0.2, 0) is 6.54 Å². The molecule has 0 saturated carbocycles. The number of para-hydroxylation sites is 1. The van der Waals surface area contributed by atoms with Crippen LogP contribution in [0.4, 0.5) is 21.5 Å². The van der Waals surface area contributed by atoms with Crippen molar-refractivity contribution in [2.24, 2.45) is 5.92 Å². The van der Waals surface area contributed by atoms with Gasteiger partial charge in [-0.3, -0.25) is 14.4 Å².